The normalized spacial score (nSPS) is 10.1. The zero-order chi connectivity index (χ0) is 12.8. The van der Waals surface area contributed by atoms with Crippen LogP contribution in [0.25, 0.3) is 0 Å². The van der Waals surface area contributed by atoms with Crippen molar-refractivity contribution in [1.82, 2.24) is 0 Å². The first-order valence-electron chi connectivity index (χ1n) is 5.70. The molecule has 3 nitrogen and oxygen atoms in total. The van der Waals surface area contributed by atoms with Crippen molar-refractivity contribution >= 4 is 5.78 Å². The largest absolute Gasteiger partial charge is 0.485 e. The van der Waals surface area contributed by atoms with E-state index in [1.807, 2.05) is 18.2 Å². The van der Waals surface area contributed by atoms with Gasteiger partial charge in [0.1, 0.15) is 5.75 Å². The number of ketones is 1. The van der Waals surface area contributed by atoms with Gasteiger partial charge in [0.05, 0.1) is 6.61 Å². The number of carbonyl (C=O) groups excluding carboxylic acids is 1. The van der Waals surface area contributed by atoms with Crippen LogP contribution in [0.2, 0.25) is 0 Å². The molecule has 0 spiro atoms. The lowest BCUT2D eigenvalue weighted by atomic mass is 10.1. The number of hydrogen-bond donors (Lipinski definition) is 1. The fourth-order valence-corrected chi connectivity index (χ4v) is 1.59. The van der Waals surface area contributed by atoms with Gasteiger partial charge in [-0.05, 0) is 17.7 Å². The molecule has 3 heteroatoms. The van der Waals surface area contributed by atoms with E-state index in [1.54, 1.807) is 36.4 Å². The highest BCUT2D eigenvalue weighted by atomic mass is 16.5. The maximum Gasteiger partial charge on any atom is 0.200 e. The molecule has 0 aliphatic rings. The lowest BCUT2D eigenvalue weighted by Gasteiger charge is -2.06. The smallest absolute Gasteiger partial charge is 0.200 e. The molecule has 18 heavy (non-hydrogen) atoms. The van der Waals surface area contributed by atoms with Crippen LogP contribution in [0.5, 0.6) is 5.75 Å². The summed E-state index contributed by atoms with van der Waals surface area (Å²) in [6.45, 7) is -0.0390. The van der Waals surface area contributed by atoms with Crippen molar-refractivity contribution in [2.45, 2.75) is 6.61 Å². The van der Waals surface area contributed by atoms with E-state index in [2.05, 4.69) is 0 Å². The number of ether oxygens (including phenoxy) is 1. The van der Waals surface area contributed by atoms with Gasteiger partial charge in [0.2, 0.25) is 0 Å². The monoisotopic (exact) mass is 242 g/mol. The Balaban J connectivity index is 1.97. The Kier molecular flexibility index (Phi) is 4.10. The summed E-state index contributed by atoms with van der Waals surface area (Å²) in [4.78, 5) is 11.8. The van der Waals surface area contributed by atoms with Gasteiger partial charge in [-0.25, -0.2) is 0 Å². The molecule has 0 amide bonds. The van der Waals surface area contributed by atoms with Crippen LogP contribution in [0.3, 0.4) is 0 Å². The Hall–Kier alpha value is -2.13. The van der Waals surface area contributed by atoms with E-state index in [-0.39, 0.29) is 19.0 Å². The highest BCUT2D eigenvalue weighted by Crippen LogP contribution is 2.13. The summed E-state index contributed by atoms with van der Waals surface area (Å²) >= 11 is 0. The first kappa shape index (κ1) is 12.3. The highest BCUT2D eigenvalue weighted by Gasteiger charge is 2.06. The molecule has 0 aromatic heterocycles. The molecule has 1 N–H and O–H groups in total. The third-order valence-electron chi connectivity index (χ3n) is 2.55. The Morgan fingerprint density at radius 3 is 2.56 bits per heavy atom. The van der Waals surface area contributed by atoms with Crippen molar-refractivity contribution < 1.29 is 14.6 Å². The molecule has 0 bridgehead atoms. The number of aliphatic hydroxyl groups is 1. The van der Waals surface area contributed by atoms with Crippen LogP contribution in [0.15, 0.2) is 54.6 Å². The molecule has 92 valence electrons. The molecule has 0 atom stereocenters. The number of carbonyl (C=O) groups is 1. The lowest BCUT2D eigenvalue weighted by Crippen LogP contribution is -2.11. The van der Waals surface area contributed by atoms with E-state index < -0.39 is 0 Å². The second kappa shape index (κ2) is 5.98. The number of hydrogen-bond acceptors (Lipinski definition) is 3. The molecular formula is C15H14O3. The van der Waals surface area contributed by atoms with E-state index in [1.165, 1.54) is 0 Å². The average Bonchev–Trinajstić information content (AvgIpc) is 2.46. The van der Waals surface area contributed by atoms with Crippen LogP contribution in [-0.4, -0.2) is 17.5 Å². The highest BCUT2D eigenvalue weighted by molar-refractivity contribution is 5.97. The third kappa shape index (κ3) is 3.18. The molecule has 2 aromatic carbocycles. The summed E-state index contributed by atoms with van der Waals surface area (Å²) in [5.41, 5.74) is 1.40. The molecular weight excluding hydrogens is 228 g/mol. The Bertz CT molecular complexity index is 520. The standard InChI is InChI=1S/C15H14O3/c16-10-12-5-4-8-14(9-12)18-11-15(17)13-6-2-1-3-7-13/h1-9,16H,10-11H2. The van der Waals surface area contributed by atoms with Crippen molar-refractivity contribution in [2.24, 2.45) is 0 Å². The minimum Gasteiger partial charge on any atom is -0.485 e. The Morgan fingerprint density at radius 2 is 1.83 bits per heavy atom. The van der Waals surface area contributed by atoms with Crippen LogP contribution in [0.4, 0.5) is 0 Å². The molecule has 0 saturated heterocycles. The van der Waals surface area contributed by atoms with E-state index in [0.29, 0.717) is 11.3 Å². The summed E-state index contributed by atoms with van der Waals surface area (Å²) in [5.74, 6) is 0.524. The summed E-state index contributed by atoms with van der Waals surface area (Å²) in [7, 11) is 0. The lowest BCUT2D eigenvalue weighted by molar-refractivity contribution is 0.0921. The number of benzene rings is 2. The summed E-state index contributed by atoms with van der Waals surface area (Å²) in [6, 6.07) is 16.1. The topological polar surface area (TPSA) is 46.5 Å². The van der Waals surface area contributed by atoms with Crippen LogP contribution in [0, 0.1) is 0 Å². The summed E-state index contributed by atoms with van der Waals surface area (Å²) in [6.07, 6.45) is 0. The van der Waals surface area contributed by atoms with Gasteiger partial charge in [-0.15, -0.1) is 0 Å². The third-order valence-corrected chi connectivity index (χ3v) is 2.55. The van der Waals surface area contributed by atoms with Crippen LogP contribution in [-0.2, 0) is 6.61 Å². The average molecular weight is 242 g/mol. The molecule has 0 fully saturated rings. The zero-order valence-corrected chi connectivity index (χ0v) is 9.87. The van der Waals surface area contributed by atoms with Gasteiger partial charge in [-0.2, -0.15) is 0 Å². The fourth-order valence-electron chi connectivity index (χ4n) is 1.59. The van der Waals surface area contributed by atoms with Crippen molar-refractivity contribution in [3.05, 3.63) is 65.7 Å². The summed E-state index contributed by atoms with van der Waals surface area (Å²) < 4.78 is 5.40. The number of Topliss-reactive ketones (excluding diaryl/α,β-unsaturated/α-hetero) is 1. The van der Waals surface area contributed by atoms with Crippen molar-refractivity contribution in [3.63, 3.8) is 0 Å². The first-order valence-corrected chi connectivity index (χ1v) is 5.70. The Labute approximate surface area is 106 Å². The molecule has 0 heterocycles. The fraction of sp³-hybridized carbons (Fsp3) is 0.133. The van der Waals surface area contributed by atoms with Gasteiger partial charge in [0.25, 0.3) is 0 Å². The quantitative estimate of drug-likeness (QED) is 0.819. The second-order valence-electron chi connectivity index (χ2n) is 3.88. The molecule has 2 rings (SSSR count). The van der Waals surface area contributed by atoms with E-state index >= 15 is 0 Å². The van der Waals surface area contributed by atoms with E-state index in [0.717, 1.165) is 5.56 Å². The minimum absolute atomic E-state index is 0.00110. The van der Waals surface area contributed by atoms with E-state index in [9.17, 15) is 4.79 Å². The molecule has 0 aliphatic heterocycles. The predicted octanol–water partition coefficient (Wildman–Crippen LogP) is 2.44. The molecule has 0 radical (unpaired) electrons. The molecule has 0 aliphatic carbocycles. The summed E-state index contributed by atoms with van der Waals surface area (Å²) in [5, 5.41) is 8.99. The van der Waals surface area contributed by atoms with Crippen molar-refractivity contribution in [2.75, 3.05) is 6.61 Å². The van der Waals surface area contributed by atoms with Gasteiger partial charge in [0, 0.05) is 5.56 Å². The maximum absolute atomic E-state index is 11.8. The Morgan fingerprint density at radius 1 is 1.06 bits per heavy atom. The van der Waals surface area contributed by atoms with Crippen LogP contribution in [0.1, 0.15) is 15.9 Å². The first-order chi connectivity index (χ1) is 8.79. The van der Waals surface area contributed by atoms with Crippen LogP contribution < -0.4 is 4.74 Å². The number of aliphatic hydroxyl groups excluding tert-OH is 1. The second-order valence-corrected chi connectivity index (χ2v) is 3.88. The van der Waals surface area contributed by atoms with Crippen LogP contribution >= 0.6 is 0 Å². The minimum atomic E-state index is -0.0648. The predicted molar refractivity (Wildman–Crippen MR) is 68.6 cm³/mol. The van der Waals surface area contributed by atoms with Crippen molar-refractivity contribution in [3.8, 4) is 5.75 Å². The van der Waals surface area contributed by atoms with E-state index in [4.69, 9.17) is 9.84 Å². The molecule has 0 unspecified atom stereocenters. The van der Waals surface area contributed by atoms with Gasteiger partial charge in [-0.3, -0.25) is 4.79 Å². The SMILES string of the molecule is O=C(COc1cccc(CO)c1)c1ccccc1. The number of rotatable bonds is 5. The van der Waals surface area contributed by atoms with Gasteiger partial charge in [0.15, 0.2) is 12.4 Å². The van der Waals surface area contributed by atoms with Gasteiger partial charge >= 0.3 is 0 Å². The van der Waals surface area contributed by atoms with Gasteiger partial charge < -0.3 is 9.84 Å². The van der Waals surface area contributed by atoms with Gasteiger partial charge in [-0.1, -0.05) is 42.5 Å². The zero-order valence-electron chi connectivity index (χ0n) is 9.87. The maximum atomic E-state index is 11.8. The molecule has 2 aromatic rings. The molecule has 0 saturated carbocycles. The van der Waals surface area contributed by atoms with Crippen molar-refractivity contribution in [1.29, 1.82) is 0 Å².